The van der Waals surface area contributed by atoms with Crippen LogP contribution in [0.1, 0.15) is 39.0 Å². The molecule has 1 aliphatic carbocycles. The first-order valence-corrected chi connectivity index (χ1v) is 6.70. The molecule has 0 aliphatic heterocycles. The highest BCUT2D eigenvalue weighted by Crippen LogP contribution is 2.30. The van der Waals surface area contributed by atoms with Gasteiger partial charge in [-0.1, -0.05) is 32.6 Å². The first kappa shape index (κ1) is 13.2. The van der Waals surface area contributed by atoms with Gasteiger partial charge in [-0.15, -0.1) is 0 Å². The van der Waals surface area contributed by atoms with Gasteiger partial charge in [0.1, 0.15) is 5.82 Å². The van der Waals surface area contributed by atoms with Gasteiger partial charge in [0, 0.05) is 12.6 Å². The third-order valence-electron chi connectivity index (χ3n) is 3.79. The zero-order chi connectivity index (χ0) is 13.0. The smallest absolute Gasteiger partial charge is 0.168 e. The summed E-state index contributed by atoms with van der Waals surface area (Å²) in [5.41, 5.74) is 0. The van der Waals surface area contributed by atoms with Crippen molar-refractivity contribution in [1.82, 2.24) is 4.98 Å². The van der Waals surface area contributed by atoms with Crippen LogP contribution in [-0.2, 0) is 0 Å². The van der Waals surface area contributed by atoms with Crippen LogP contribution in [0.3, 0.4) is 0 Å². The van der Waals surface area contributed by atoms with Crippen molar-refractivity contribution in [2.24, 2.45) is 11.8 Å². The molecule has 0 saturated heterocycles. The van der Waals surface area contributed by atoms with Crippen molar-refractivity contribution in [2.45, 2.75) is 39.0 Å². The number of halogens is 2. The molecule has 1 aromatic rings. The van der Waals surface area contributed by atoms with Crippen molar-refractivity contribution >= 4 is 5.82 Å². The molecule has 1 fully saturated rings. The lowest BCUT2D eigenvalue weighted by atomic mass is 9.81. The van der Waals surface area contributed by atoms with Gasteiger partial charge in [-0.25, -0.2) is 13.8 Å². The maximum absolute atomic E-state index is 13.3. The summed E-state index contributed by atoms with van der Waals surface area (Å²) in [6.45, 7) is 3.00. The topological polar surface area (TPSA) is 24.9 Å². The molecule has 0 bridgehead atoms. The minimum atomic E-state index is -0.640. The number of anilines is 1. The van der Waals surface area contributed by atoms with Crippen LogP contribution < -0.4 is 5.32 Å². The van der Waals surface area contributed by atoms with Crippen LogP contribution >= 0.6 is 0 Å². The summed E-state index contributed by atoms with van der Waals surface area (Å²) < 4.78 is 26.0. The Morgan fingerprint density at radius 2 is 2.00 bits per heavy atom. The molecule has 0 atom stereocenters. The summed E-state index contributed by atoms with van der Waals surface area (Å²) >= 11 is 0. The molecular weight excluding hydrogens is 234 g/mol. The van der Waals surface area contributed by atoms with Gasteiger partial charge in [-0.2, -0.15) is 0 Å². The Bertz CT molecular complexity index is 387. The average Bonchev–Trinajstić information content (AvgIpc) is 2.34. The molecule has 1 aliphatic rings. The molecule has 4 heteroatoms. The van der Waals surface area contributed by atoms with E-state index in [9.17, 15) is 8.78 Å². The first-order valence-electron chi connectivity index (χ1n) is 6.70. The number of rotatable bonds is 4. The summed E-state index contributed by atoms with van der Waals surface area (Å²) in [5, 5.41) is 2.95. The monoisotopic (exact) mass is 254 g/mol. The Morgan fingerprint density at radius 3 is 2.67 bits per heavy atom. The predicted molar refractivity (Wildman–Crippen MR) is 68.4 cm³/mol. The van der Waals surface area contributed by atoms with E-state index < -0.39 is 11.6 Å². The average molecular weight is 254 g/mol. The molecule has 2 nitrogen and oxygen atoms in total. The maximum atomic E-state index is 13.3. The Balaban J connectivity index is 1.75. The lowest BCUT2D eigenvalue weighted by Crippen LogP contribution is -2.16. The molecule has 1 aromatic heterocycles. The number of nitrogens with one attached hydrogen (secondary N) is 1. The van der Waals surface area contributed by atoms with Crippen LogP contribution in [0, 0.1) is 23.5 Å². The van der Waals surface area contributed by atoms with E-state index in [1.54, 1.807) is 0 Å². The third kappa shape index (κ3) is 3.65. The van der Waals surface area contributed by atoms with Gasteiger partial charge >= 0.3 is 0 Å². The van der Waals surface area contributed by atoms with Gasteiger partial charge in [-0.05, 0) is 18.3 Å². The number of aromatic nitrogens is 1. The fraction of sp³-hybridized carbons (Fsp3) is 0.643. The second-order valence-electron chi connectivity index (χ2n) is 5.33. The first-order chi connectivity index (χ1) is 8.65. The second kappa shape index (κ2) is 6.12. The van der Waals surface area contributed by atoms with Crippen LogP contribution in [0.25, 0.3) is 0 Å². The lowest BCUT2D eigenvalue weighted by Gasteiger charge is -2.26. The molecule has 0 aromatic carbocycles. The Hall–Kier alpha value is -1.19. The van der Waals surface area contributed by atoms with Crippen molar-refractivity contribution in [2.75, 3.05) is 11.9 Å². The standard InChI is InChI=1S/C14H20F2N2/c1-10-2-4-11(5-3-10)6-7-17-14-13(16)8-12(15)9-18-14/h8-11H,2-7H2,1H3,(H,17,18). The van der Waals surface area contributed by atoms with Crippen LogP contribution in [0.4, 0.5) is 14.6 Å². The van der Waals surface area contributed by atoms with E-state index in [0.29, 0.717) is 6.54 Å². The molecular formula is C14H20F2N2. The van der Waals surface area contributed by atoms with Gasteiger partial charge in [0.25, 0.3) is 0 Å². The number of pyridine rings is 1. The van der Waals surface area contributed by atoms with Gasteiger partial charge in [0.05, 0.1) is 6.20 Å². The van der Waals surface area contributed by atoms with E-state index >= 15 is 0 Å². The van der Waals surface area contributed by atoms with E-state index in [2.05, 4.69) is 17.2 Å². The molecule has 0 amide bonds. The molecule has 1 saturated carbocycles. The Kier molecular flexibility index (Phi) is 4.50. The minimum Gasteiger partial charge on any atom is -0.368 e. The van der Waals surface area contributed by atoms with E-state index in [-0.39, 0.29) is 5.82 Å². The molecule has 18 heavy (non-hydrogen) atoms. The predicted octanol–water partition coefficient (Wildman–Crippen LogP) is 3.99. The Morgan fingerprint density at radius 1 is 1.28 bits per heavy atom. The number of nitrogens with zero attached hydrogens (tertiary/aromatic N) is 1. The fourth-order valence-corrected chi connectivity index (χ4v) is 2.56. The molecule has 1 heterocycles. The van der Waals surface area contributed by atoms with Crippen molar-refractivity contribution in [3.05, 3.63) is 23.9 Å². The highest BCUT2D eigenvalue weighted by atomic mass is 19.1. The van der Waals surface area contributed by atoms with Crippen LogP contribution in [-0.4, -0.2) is 11.5 Å². The summed E-state index contributed by atoms with van der Waals surface area (Å²) in [5.74, 6) is 0.481. The molecule has 0 spiro atoms. The normalized spacial score (nSPS) is 23.9. The zero-order valence-corrected chi connectivity index (χ0v) is 10.8. The van der Waals surface area contributed by atoms with Gasteiger partial charge in [0.2, 0.25) is 0 Å². The second-order valence-corrected chi connectivity index (χ2v) is 5.33. The SMILES string of the molecule is CC1CCC(CCNc2ncc(F)cc2F)CC1. The molecule has 1 N–H and O–H groups in total. The largest absolute Gasteiger partial charge is 0.368 e. The van der Waals surface area contributed by atoms with E-state index in [0.717, 1.165) is 30.5 Å². The van der Waals surface area contributed by atoms with Gasteiger partial charge < -0.3 is 5.32 Å². The van der Waals surface area contributed by atoms with Crippen molar-refractivity contribution in [1.29, 1.82) is 0 Å². The minimum absolute atomic E-state index is 0.153. The highest BCUT2D eigenvalue weighted by molar-refractivity contribution is 5.35. The Labute approximate surface area is 107 Å². The molecule has 2 rings (SSSR count). The van der Waals surface area contributed by atoms with Gasteiger partial charge in [0.15, 0.2) is 11.6 Å². The van der Waals surface area contributed by atoms with Crippen LogP contribution in [0.15, 0.2) is 12.3 Å². The number of hydrogen-bond acceptors (Lipinski definition) is 2. The summed E-state index contributed by atoms with van der Waals surface area (Å²) in [7, 11) is 0. The van der Waals surface area contributed by atoms with Crippen molar-refractivity contribution in [3.8, 4) is 0 Å². The zero-order valence-electron chi connectivity index (χ0n) is 10.8. The molecule has 0 radical (unpaired) electrons. The quantitative estimate of drug-likeness (QED) is 0.878. The van der Waals surface area contributed by atoms with Gasteiger partial charge in [-0.3, -0.25) is 0 Å². The lowest BCUT2D eigenvalue weighted by molar-refractivity contribution is 0.282. The summed E-state index contributed by atoms with van der Waals surface area (Å²) in [6.07, 6.45) is 7.20. The van der Waals surface area contributed by atoms with E-state index in [4.69, 9.17) is 0 Å². The van der Waals surface area contributed by atoms with Crippen LogP contribution in [0.2, 0.25) is 0 Å². The summed E-state index contributed by atoms with van der Waals surface area (Å²) in [4.78, 5) is 3.71. The summed E-state index contributed by atoms with van der Waals surface area (Å²) in [6, 6.07) is 0.859. The highest BCUT2D eigenvalue weighted by Gasteiger charge is 2.17. The van der Waals surface area contributed by atoms with Crippen molar-refractivity contribution < 1.29 is 8.78 Å². The number of hydrogen-bond donors (Lipinski definition) is 1. The molecule has 100 valence electrons. The maximum Gasteiger partial charge on any atom is 0.168 e. The van der Waals surface area contributed by atoms with E-state index in [1.807, 2.05) is 0 Å². The van der Waals surface area contributed by atoms with Crippen molar-refractivity contribution in [3.63, 3.8) is 0 Å². The van der Waals surface area contributed by atoms with E-state index in [1.165, 1.54) is 25.7 Å². The third-order valence-corrected chi connectivity index (χ3v) is 3.79. The molecule has 0 unspecified atom stereocenters. The fourth-order valence-electron chi connectivity index (χ4n) is 2.56. The van der Waals surface area contributed by atoms with Crippen LogP contribution in [0.5, 0.6) is 0 Å².